The molecule has 1 aromatic heterocycles. The molecule has 0 aliphatic heterocycles. The highest BCUT2D eigenvalue weighted by Gasteiger charge is 2.10. The maximum absolute atomic E-state index is 11.9. The molecule has 116 valence electrons. The Morgan fingerprint density at radius 2 is 1.52 bits per heavy atom. The van der Waals surface area contributed by atoms with Gasteiger partial charge in [0, 0.05) is 12.4 Å². The number of rotatable bonds is 4. The van der Waals surface area contributed by atoms with E-state index in [2.05, 4.69) is 4.98 Å². The summed E-state index contributed by atoms with van der Waals surface area (Å²) < 4.78 is 19.5. The topological polar surface area (TPSA) is 79.8 Å². The lowest BCUT2D eigenvalue weighted by molar-refractivity contribution is 0.675. The van der Waals surface area contributed by atoms with Crippen molar-refractivity contribution in [2.45, 2.75) is 11.3 Å². The zero-order chi connectivity index (χ0) is 16.3. The smallest absolute Gasteiger partial charge is 0.132 e. The fourth-order valence-corrected chi connectivity index (χ4v) is 3.34. The van der Waals surface area contributed by atoms with Gasteiger partial charge in [-0.15, -0.1) is 0 Å². The van der Waals surface area contributed by atoms with Crippen LogP contribution in [0.5, 0.6) is 0 Å². The summed E-state index contributed by atoms with van der Waals surface area (Å²) in [6.45, 7) is 0. The lowest BCUT2D eigenvalue weighted by Gasteiger charge is -2.10. The van der Waals surface area contributed by atoms with Crippen LogP contribution in [0.2, 0.25) is 0 Å². The number of nitrogens with zero attached hydrogens (tertiary/aromatic N) is 1. The number of hydrogen-bond acceptors (Lipinski definition) is 3. The largest absolute Gasteiger partial charge is 0.265 e. The zero-order valence-corrected chi connectivity index (χ0v) is 13.3. The molecule has 4 nitrogen and oxygen atoms in total. The average molecular weight is 323 g/mol. The highest BCUT2D eigenvalue weighted by atomic mass is 32.2. The minimum absolute atomic E-state index is 0.401. The quantitative estimate of drug-likeness (QED) is 0.769. The monoisotopic (exact) mass is 323 g/mol. The van der Waals surface area contributed by atoms with E-state index in [4.69, 9.17) is 9.92 Å². The van der Waals surface area contributed by atoms with E-state index in [0.29, 0.717) is 11.3 Å². The average Bonchev–Trinajstić information content (AvgIpc) is 2.56. The summed E-state index contributed by atoms with van der Waals surface area (Å²) in [5.74, 6) is 0. The Morgan fingerprint density at radius 3 is 2.17 bits per heavy atom. The summed E-state index contributed by atoms with van der Waals surface area (Å²) in [6.07, 6.45) is 4.14. The SMILES string of the molecule is N=S(N)(=O)c1ccccc1Cc1ccc(-c2ccncc2)cc1. The molecule has 2 aromatic carbocycles. The Hall–Kier alpha value is -2.50. The van der Waals surface area contributed by atoms with E-state index in [1.54, 1.807) is 24.5 Å². The number of benzene rings is 2. The summed E-state index contributed by atoms with van der Waals surface area (Å²) in [5, 5.41) is 5.50. The molecule has 3 N–H and O–H groups in total. The van der Waals surface area contributed by atoms with Crippen molar-refractivity contribution in [1.82, 2.24) is 4.98 Å². The Bertz CT molecular complexity index is 905. The van der Waals surface area contributed by atoms with Crippen molar-refractivity contribution in [3.05, 3.63) is 84.2 Å². The van der Waals surface area contributed by atoms with Crippen LogP contribution in [-0.2, 0) is 16.3 Å². The van der Waals surface area contributed by atoms with Crippen LogP contribution < -0.4 is 5.14 Å². The summed E-state index contributed by atoms with van der Waals surface area (Å²) in [5.41, 5.74) is 4.14. The fraction of sp³-hybridized carbons (Fsp3) is 0.0556. The Labute approximate surface area is 136 Å². The molecule has 0 aliphatic carbocycles. The van der Waals surface area contributed by atoms with Crippen molar-refractivity contribution in [1.29, 1.82) is 4.78 Å². The van der Waals surface area contributed by atoms with Crippen LogP contribution in [0.3, 0.4) is 0 Å². The van der Waals surface area contributed by atoms with Crippen LogP contribution in [0.15, 0.2) is 78.0 Å². The molecule has 0 amide bonds. The third-order valence-corrected chi connectivity index (χ3v) is 4.71. The highest BCUT2D eigenvalue weighted by molar-refractivity contribution is 7.90. The fourth-order valence-electron chi connectivity index (χ4n) is 2.53. The van der Waals surface area contributed by atoms with E-state index < -0.39 is 9.92 Å². The zero-order valence-electron chi connectivity index (χ0n) is 12.5. The molecule has 1 heterocycles. The lowest BCUT2D eigenvalue weighted by atomic mass is 10.0. The van der Waals surface area contributed by atoms with E-state index >= 15 is 0 Å². The summed E-state index contributed by atoms with van der Waals surface area (Å²) in [4.78, 5) is 4.42. The molecule has 0 aliphatic rings. The molecule has 3 rings (SSSR count). The van der Waals surface area contributed by atoms with Crippen molar-refractivity contribution < 1.29 is 4.21 Å². The maximum Gasteiger partial charge on any atom is 0.132 e. The second kappa shape index (κ2) is 6.32. The number of nitrogens with two attached hydrogens (primary N) is 1. The third kappa shape index (κ3) is 3.64. The van der Waals surface area contributed by atoms with Gasteiger partial charge in [0.15, 0.2) is 0 Å². The van der Waals surface area contributed by atoms with Crippen LogP contribution in [-0.4, -0.2) is 9.19 Å². The minimum Gasteiger partial charge on any atom is -0.265 e. The van der Waals surface area contributed by atoms with Crippen molar-refractivity contribution >= 4 is 9.92 Å². The first-order valence-corrected chi connectivity index (χ1v) is 8.80. The predicted molar refractivity (Wildman–Crippen MR) is 92.2 cm³/mol. The van der Waals surface area contributed by atoms with Gasteiger partial charge in [-0.1, -0.05) is 42.5 Å². The van der Waals surface area contributed by atoms with E-state index in [9.17, 15) is 4.21 Å². The number of nitrogens with one attached hydrogen (secondary N) is 1. The van der Waals surface area contributed by atoms with Gasteiger partial charge in [0.25, 0.3) is 0 Å². The van der Waals surface area contributed by atoms with Crippen LogP contribution in [0.1, 0.15) is 11.1 Å². The van der Waals surface area contributed by atoms with Crippen molar-refractivity contribution in [2.75, 3.05) is 0 Å². The number of pyridine rings is 1. The van der Waals surface area contributed by atoms with Gasteiger partial charge in [-0.2, -0.15) is 0 Å². The molecule has 0 bridgehead atoms. The van der Waals surface area contributed by atoms with Gasteiger partial charge in [-0.3, -0.25) is 4.98 Å². The highest BCUT2D eigenvalue weighted by Crippen LogP contribution is 2.22. The van der Waals surface area contributed by atoms with Crippen molar-refractivity contribution in [3.8, 4) is 11.1 Å². The van der Waals surface area contributed by atoms with Crippen LogP contribution in [0.4, 0.5) is 0 Å². The van der Waals surface area contributed by atoms with Gasteiger partial charge >= 0.3 is 0 Å². The molecule has 3 aromatic rings. The van der Waals surface area contributed by atoms with Gasteiger partial charge in [0.1, 0.15) is 9.92 Å². The second-order valence-electron chi connectivity index (χ2n) is 5.32. The Morgan fingerprint density at radius 1 is 0.913 bits per heavy atom. The molecule has 0 fully saturated rings. The van der Waals surface area contributed by atoms with Gasteiger partial charge in [0.05, 0.1) is 4.90 Å². The van der Waals surface area contributed by atoms with E-state index in [1.807, 2.05) is 48.5 Å². The first-order chi connectivity index (χ1) is 11.0. The molecular weight excluding hydrogens is 306 g/mol. The maximum atomic E-state index is 11.9. The molecule has 5 heteroatoms. The normalized spacial score (nSPS) is 13.4. The molecule has 0 saturated carbocycles. The van der Waals surface area contributed by atoms with Gasteiger partial charge in [-0.05, 0) is 46.9 Å². The van der Waals surface area contributed by atoms with E-state index in [0.717, 1.165) is 22.3 Å². The van der Waals surface area contributed by atoms with Crippen LogP contribution in [0.25, 0.3) is 11.1 Å². The molecule has 0 saturated heterocycles. The first-order valence-electron chi connectivity index (χ1n) is 7.18. The molecular formula is C18H17N3OS. The van der Waals surface area contributed by atoms with Gasteiger partial charge < -0.3 is 0 Å². The van der Waals surface area contributed by atoms with Gasteiger partial charge in [0.2, 0.25) is 0 Å². The Kier molecular flexibility index (Phi) is 4.23. The summed E-state index contributed by atoms with van der Waals surface area (Å²) in [6, 6.07) is 19.3. The molecule has 23 heavy (non-hydrogen) atoms. The number of hydrogen-bond donors (Lipinski definition) is 2. The Balaban J connectivity index is 1.88. The summed E-state index contributed by atoms with van der Waals surface area (Å²) in [7, 11) is -3.21. The molecule has 0 spiro atoms. The predicted octanol–water partition coefficient (Wildman–Crippen LogP) is 3.62. The summed E-state index contributed by atoms with van der Waals surface area (Å²) >= 11 is 0. The van der Waals surface area contributed by atoms with E-state index in [1.165, 1.54) is 0 Å². The van der Waals surface area contributed by atoms with Crippen LogP contribution in [0, 0.1) is 4.78 Å². The van der Waals surface area contributed by atoms with E-state index in [-0.39, 0.29) is 0 Å². The van der Waals surface area contributed by atoms with Crippen molar-refractivity contribution in [2.24, 2.45) is 5.14 Å². The molecule has 0 radical (unpaired) electrons. The molecule has 1 unspecified atom stereocenters. The number of aromatic nitrogens is 1. The van der Waals surface area contributed by atoms with Crippen molar-refractivity contribution in [3.63, 3.8) is 0 Å². The van der Waals surface area contributed by atoms with Crippen LogP contribution >= 0.6 is 0 Å². The second-order valence-corrected chi connectivity index (χ2v) is 6.96. The third-order valence-electron chi connectivity index (χ3n) is 3.66. The standard InChI is InChI=1S/C18H17N3OS/c19-23(20,22)18-4-2-1-3-17(18)13-14-5-7-15(8-6-14)16-9-11-21-12-10-16/h1-12H,13H2,(H3,19,20,22). The lowest BCUT2D eigenvalue weighted by Crippen LogP contribution is -2.12. The first kappa shape index (κ1) is 15.4. The minimum atomic E-state index is -3.21. The molecule has 1 atom stereocenters. The van der Waals surface area contributed by atoms with Gasteiger partial charge in [-0.25, -0.2) is 14.1 Å².